The number of hydrogen-bond acceptors (Lipinski definition) is 3. The van der Waals surface area contributed by atoms with E-state index in [-0.39, 0.29) is 24.0 Å². The maximum atomic E-state index is 4.82. The Kier molecular flexibility index (Phi) is 8.84. The minimum absolute atomic E-state index is 0. The molecule has 0 saturated carbocycles. The summed E-state index contributed by atoms with van der Waals surface area (Å²) < 4.78 is 0. The van der Waals surface area contributed by atoms with Crippen molar-refractivity contribution in [1.82, 2.24) is 15.6 Å². The van der Waals surface area contributed by atoms with E-state index in [4.69, 9.17) is 4.98 Å². The molecular weight excluding hydrogens is 455 g/mol. The molecule has 0 radical (unpaired) electrons. The summed E-state index contributed by atoms with van der Waals surface area (Å²) >= 11 is 1.92. The number of aryl methyl sites for hydroxylation is 4. The van der Waals surface area contributed by atoms with Gasteiger partial charge in [-0.15, -0.1) is 35.3 Å². The van der Waals surface area contributed by atoms with Crippen LogP contribution >= 0.6 is 35.3 Å². The van der Waals surface area contributed by atoms with Gasteiger partial charge in [0.1, 0.15) is 0 Å². The lowest BCUT2D eigenvalue weighted by Gasteiger charge is -2.12. The number of nitrogens with one attached hydrogen (secondary N) is 2. The summed E-state index contributed by atoms with van der Waals surface area (Å²) in [6.07, 6.45) is 7.19. The highest BCUT2D eigenvalue weighted by molar-refractivity contribution is 14.0. The fourth-order valence-corrected chi connectivity index (χ4v) is 4.39. The van der Waals surface area contributed by atoms with Crippen molar-refractivity contribution >= 4 is 41.3 Å². The second kappa shape index (κ2) is 10.9. The monoisotopic (exact) mass is 484 g/mol. The second-order valence-electron chi connectivity index (χ2n) is 6.63. The Morgan fingerprint density at radius 3 is 2.85 bits per heavy atom. The van der Waals surface area contributed by atoms with Crippen LogP contribution in [0.3, 0.4) is 0 Å². The fourth-order valence-electron chi connectivity index (χ4n) is 3.19. The normalized spacial score (nSPS) is 13.7. The molecule has 0 aliphatic heterocycles. The van der Waals surface area contributed by atoms with E-state index in [1.165, 1.54) is 52.4 Å². The van der Waals surface area contributed by atoms with Crippen LogP contribution in [0.4, 0.5) is 0 Å². The average Bonchev–Trinajstić information content (AvgIpc) is 3.04. The van der Waals surface area contributed by atoms with E-state index in [1.54, 1.807) is 0 Å². The molecule has 0 bridgehead atoms. The predicted octanol–water partition coefficient (Wildman–Crippen LogP) is 4.25. The lowest BCUT2D eigenvalue weighted by atomic mass is 10.0. The molecule has 0 amide bonds. The van der Waals surface area contributed by atoms with Crippen molar-refractivity contribution in [3.05, 3.63) is 51.0 Å². The van der Waals surface area contributed by atoms with Crippen LogP contribution in [0.1, 0.15) is 46.0 Å². The third kappa shape index (κ3) is 6.23. The van der Waals surface area contributed by atoms with Crippen LogP contribution in [-0.4, -0.2) is 24.5 Å². The SMILES string of the molecule is CN=C(NCCCc1nc2c(s1)CCCC2)NCc1cccc(C)c1.I. The number of benzene rings is 1. The van der Waals surface area contributed by atoms with Crippen LogP contribution in [0.5, 0.6) is 0 Å². The smallest absolute Gasteiger partial charge is 0.191 e. The Morgan fingerprint density at radius 1 is 1.23 bits per heavy atom. The summed E-state index contributed by atoms with van der Waals surface area (Å²) in [5.74, 6) is 0.861. The summed E-state index contributed by atoms with van der Waals surface area (Å²) in [7, 11) is 1.82. The summed E-state index contributed by atoms with van der Waals surface area (Å²) in [5, 5.41) is 8.08. The van der Waals surface area contributed by atoms with Gasteiger partial charge in [-0.2, -0.15) is 0 Å². The number of rotatable bonds is 6. The molecule has 1 aromatic carbocycles. The first kappa shape index (κ1) is 21.2. The molecule has 1 aromatic heterocycles. The molecule has 1 heterocycles. The molecule has 1 aliphatic carbocycles. The van der Waals surface area contributed by atoms with Crippen molar-refractivity contribution < 1.29 is 0 Å². The van der Waals surface area contributed by atoms with E-state index in [0.29, 0.717) is 0 Å². The zero-order valence-electron chi connectivity index (χ0n) is 15.7. The van der Waals surface area contributed by atoms with Crippen LogP contribution in [0.25, 0.3) is 0 Å². The molecule has 0 unspecified atom stereocenters. The summed E-state index contributed by atoms with van der Waals surface area (Å²) in [4.78, 5) is 10.7. The minimum atomic E-state index is 0. The maximum absolute atomic E-state index is 4.82. The first-order valence-electron chi connectivity index (χ1n) is 9.22. The number of thiazole rings is 1. The Labute approximate surface area is 177 Å². The predicted molar refractivity (Wildman–Crippen MR) is 122 cm³/mol. The average molecular weight is 484 g/mol. The molecule has 0 saturated heterocycles. The number of halogens is 1. The summed E-state index contributed by atoms with van der Waals surface area (Å²) in [5.41, 5.74) is 3.93. The molecule has 4 nitrogen and oxygen atoms in total. The van der Waals surface area contributed by atoms with E-state index in [1.807, 2.05) is 18.4 Å². The van der Waals surface area contributed by atoms with E-state index in [0.717, 1.165) is 31.9 Å². The molecule has 26 heavy (non-hydrogen) atoms. The fraction of sp³-hybridized carbons (Fsp3) is 0.500. The summed E-state index contributed by atoms with van der Waals surface area (Å²) in [6, 6.07) is 8.55. The van der Waals surface area contributed by atoms with E-state index in [2.05, 4.69) is 46.8 Å². The third-order valence-electron chi connectivity index (χ3n) is 4.52. The maximum Gasteiger partial charge on any atom is 0.191 e. The van der Waals surface area contributed by atoms with Crippen molar-refractivity contribution in [3.63, 3.8) is 0 Å². The molecule has 6 heteroatoms. The molecule has 2 aromatic rings. The zero-order valence-corrected chi connectivity index (χ0v) is 18.8. The topological polar surface area (TPSA) is 49.3 Å². The van der Waals surface area contributed by atoms with Crippen molar-refractivity contribution in [2.75, 3.05) is 13.6 Å². The number of nitrogens with zero attached hydrogens (tertiary/aromatic N) is 2. The van der Waals surface area contributed by atoms with Gasteiger partial charge in [-0.05, 0) is 44.6 Å². The highest BCUT2D eigenvalue weighted by Crippen LogP contribution is 2.27. The van der Waals surface area contributed by atoms with Crippen LogP contribution in [0.2, 0.25) is 0 Å². The van der Waals surface area contributed by atoms with Crippen molar-refractivity contribution in [2.24, 2.45) is 4.99 Å². The Morgan fingerprint density at radius 2 is 2.08 bits per heavy atom. The first-order chi connectivity index (χ1) is 12.2. The summed E-state index contributed by atoms with van der Waals surface area (Å²) in [6.45, 7) is 3.82. The number of fused-ring (bicyclic) bond motifs is 1. The van der Waals surface area contributed by atoms with Gasteiger partial charge in [0.2, 0.25) is 0 Å². The number of hydrogen-bond donors (Lipinski definition) is 2. The van der Waals surface area contributed by atoms with Gasteiger partial charge in [-0.1, -0.05) is 29.8 Å². The van der Waals surface area contributed by atoms with Crippen molar-refractivity contribution in [3.8, 4) is 0 Å². The van der Waals surface area contributed by atoms with Crippen LogP contribution in [-0.2, 0) is 25.8 Å². The highest BCUT2D eigenvalue weighted by Gasteiger charge is 2.14. The van der Waals surface area contributed by atoms with Gasteiger partial charge in [0, 0.05) is 31.4 Å². The third-order valence-corrected chi connectivity index (χ3v) is 5.73. The van der Waals surface area contributed by atoms with E-state index in [9.17, 15) is 0 Å². The zero-order chi connectivity index (χ0) is 17.5. The van der Waals surface area contributed by atoms with Gasteiger partial charge in [-0.3, -0.25) is 4.99 Å². The second-order valence-corrected chi connectivity index (χ2v) is 7.80. The lowest BCUT2D eigenvalue weighted by Crippen LogP contribution is -2.37. The van der Waals surface area contributed by atoms with Gasteiger partial charge in [0.05, 0.1) is 10.7 Å². The number of guanidine groups is 1. The van der Waals surface area contributed by atoms with Gasteiger partial charge in [0.15, 0.2) is 5.96 Å². The molecular formula is C20H29IN4S. The molecule has 0 atom stereocenters. The van der Waals surface area contributed by atoms with E-state index >= 15 is 0 Å². The molecule has 0 fully saturated rings. The standard InChI is InChI=1S/C20H28N4S.HI/c1-15-7-5-8-16(13-15)14-23-20(21-2)22-12-6-11-19-24-17-9-3-4-10-18(17)25-19;/h5,7-8,13H,3-4,6,9-12,14H2,1-2H3,(H2,21,22,23);1H. The number of aromatic nitrogens is 1. The highest BCUT2D eigenvalue weighted by atomic mass is 127. The molecule has 2 N–H and O–H groups in total. The molecule has 142 valence electrons. The van der Waals surface area contributed by atoms with Gasteiger partial charge in [0.25, 0.3) is 0 Å². The first-order valence-corrected chi connectivity index (χ1v) is 10.0. The van der Waals surface area contributed by atoms with Crippen LogP contribution in [0, 0.1) is 6.92 Å². The quantitative estimate of drug-likeness (QED) is 0.279. The van der Waals surface area contributed by atoms with Crippen LogP contribution < -0.4 is 10.6 Å². The van der Waals surface area contributed by atoms with Crippen molar-refractivity contribution in [1.29, 1.82) is 0 Å². The molecule has 1 aliphatic rings. The Balaban J connectivity index is 0.00000243. The number of aliphatic imine (C=N–C) groups is 1. The van der Waals surface area contributed by atoms with Crippen LogP contribution in [0.15, 0.2) is 29.3 Å². The molecule has 0 spiro atoms. The van der Waals surface area contributed by atoms with Crippen molar-refractivity contribution in [2.45, 2.75) is 52.0 Å². The van der Waals surface area contributed by atoms with Gasteiger partial charge < -0.3 is 10.6 Å². The Hall–Kier alpha value is -1.15. The minimum Gasteiger partial charge on any atom is -0.356 e. The van der Waals surface area contributed by atoms with E-state index < -0.39 is 0 Å². The largest absolute Gasteiger partial charge is 0.356 e. The Bertz CT molecular complexity index is 703. The lowest BCUT2D eigenvalue weighted by molar-refractivity contribution is 0.678. The van der Waals surface area contributed by atoms with Gasteiger partial charge in [-0.25, -0.2) is 4.98 Å². The molecule has 3 rings (SSSR count). The van der Waals surface area contributed by atoms with Gasteiger partial charge >= 0.3 is 0 Å².